The third-order valence-corrected chi connectivity index (χ3v) is 5.37. The Morgan fingerprint density at radius 3 is 2.56 bits per heavy atom. The van der Waals surface area contributed by atoms with Crippen molar-refractivity contribution in [2.75, 3.05) is 18.5 Å². The maximum Gasteiger partial charge on any atom is 0.434 e. The molecule has 1 aliphatic carbocycles. The number of fused-ring (bicyclic) bond motifs is 1. The quantitative estimate of drug-likeness (QED) is 0.202. The van der Waals surface area contributed by atoms with Gasteiger partial charge < -0.3 is 16.0 Å². The van der Waals surface area contributed by atoms with Gasteiger partial charge in [0.2, 0.25) is 0 Å². The molecule has 0 radical (unpaired) electrons. The lowest BCUT2D eigenvalue weighted by Gasteiger charge is -2.30. The van der Waals surface area contributed by atoms with Gasteiger partial charge in [0.25, 0.3) is 5.91 Å². The van der Waals surface area contributed by atoms with E-state index in [2.05, 4.69) is 20.9 Å². The molecular formula is C20H23ClF4N6O. The molecule has 2 heterocycles. The van der Waals surface area contributed by atoms with Gasteiger partial charge in [-0.3, -0.25) is 14.6 Å². The Bertz CT molecular complexity index is 998. The van der Waals surface area contributed by atoms with E-state index in [1.165, 1.54) is 16.7 Å². The summed E-state index contributed by atoms with van der Waals surface area (Å²) in [6.07, 6.45) is 0.302. The van der Waals surface area contributed by atoms with Gasteiger partial charge in [-0.05, 0) is 37.8 Å². The predicted molar refractivity (Wildman–Crippen MR) is 114 cm³/mol. The monoisotopic (exact) mass is 474 g/mol. The van der Waals surface area contributed by atoms with Crippen molar-refractivity contribution in [3.63, 3.8) is 0 Å². The molecule has 1 aliphatic rings. The minimum absolute atomic E-state index is 0.00581. The molecule has 0 spiro atoms. The highest BCUT2D eigenvalue weighted by Crippen LogP contribution is 2.30. The largest absolute Gasteiger partial charge is 0.434 e. The Balaban J connectivity index is 1.58. The van der Waals surface area contributed by atoms with Gasteiger partial charge in [0.15, 0.2) is 5.69 Å². The zero-order valence-corrected chi connectivity index (χ0v) is 17.7. The summed E-state index contributed by atoms with van der Waals surface area (Å²) in [4.78, 5) is 16.0. The average Bonchev–Trinajstić information content (AvgIpc) is 3.18. The van der Waals surface area contributed by atoms with Crippen LogP contribution < -0.4 is 16.0 Å². The Hall–Kier alpha value is -2.82. The van der Waals surface area contributed by atoms with Crippen molar-refractivity contribution >= 4 is 34.1 Å². The number of imidazole rings is 1. The predicted octanol–water partition coefficient (Wildman–Crippen LogP) is 3.85. The van der Waals surface area contributed by atoms with Gasteiger partial charge in [-0.25, -0.2) is 9.37 Å². The molecule has 0 aromatic carbocycles. The third kappa shape index (κ3) is 5.90. The Kier molecular flexibility index (Phi) is 7.60. The molecule has 12 heteroatoms. The topological polar surface area (TPSA) is 94.3 Å². The zero-order valence-electron chi connectivity index (χ0n) is 17.0. The van der Waals surface area contributed by atoms with Crippen LogP contribution in [0.5, 0.6) is 0 Å². The first-order valence-corrected chi connectivity index (χ1v) is 10.4. The van der Waals surface area contributed by atoms with Crippen LogP contribution >= 0.6 is 11.6 Å². The van der Waals surface area contributed by atoms with E-state index in [0.717, 1.165) is 6.20 Å². The first-order valence-electron chi connectivity index (χ1n) is 10.1. The summed E-state index contributed by atoms with van der Waals surface area (Å²) >= 11 is 5.66. The summed E-state index contributed by atoms with van der Waals surface area (Å²) in [5, 5.41) is 15.7. The summed E-state index contributed by atoms with van der Waals surface area (Å²) < 4.78 is 52.5. The van der Waals surface area contributed by atoms with Crippen LogP contribution in [0.15, 0.2) is 36.2 Å². The zero-order chi connectivity index (χ0) is 23.3. The summed E-state index contributed by atoms with van der Waals surface area (Å²) in [5.74, 6) is -0.00615. The molecule has 0 unspecified atom stereocenters. The van der Waals surface area contributed by atoms with Crippen LogP contribution in [-0.4, -0.2) is 45.8 Å². The van der Waals surface area contributed by atoms with Crippen molar-refractivity contribution in [3.05, 3.63) is 41.9 Å². The standard InChI is InChI=1S/C20H23ClF4N6O/c21-18(26)14(10-27-9-8-22)19(32)29-13-6-4-12(5-7-13)28-16-2-1-3-17-30-15(11-31(16)17)20(23,24)25/h1-3,10-13,26-28H,4-9H2,(H,29,32)/b14-10+,26-18?. The molecule has 0 saturated heterocycles. The highest BCUT2D eigenvalue weighted by molar-refractivity contribution is 6.71. The van der Waals surface area contributed by atoms with Gasteiger partial charge in [-0.1, -0.05) is 17.7 Å². The highest BCUT2D eigenvalue weighted by Gasteiger charge is 2.34. The van der Waals surface area contributed by atoms with Gasteiger partial charge in [0, 0.05) is 31.0 Å². The van der Waals surface area contributed by atoms with Crippen LogP contribution in [0, 0.1) is 5.41 Å². The molecule has 1 amide bonds. The molecule has 174 valence electrons. The van der Waals surface area contributed by atoms with E-state index in [0.29, 0.717) is 31.5 Å². The first-order chi connectivity index (χ1) is 15.2. The van der Waals surface area contributed by atoms with E-state index in [-0.39, 0.29) is 29.8 Å². The lowest BCUT2D eigenvalue weighted by Crippen LogP contribution is -2.41. The molecule has 0 aliphatic heterocycles. The Morgan fingerprint density at radius 1 is 1.25 bits per heavy atom. The number of carbonyl (C=O) groups excluding carboxylic acids is 1. The maximum absolute atomic E-state index is 13.0. The second kappa shape index (κ2) is 10.2. The van der Waals surface area contributed by atoms with Crippen LogP contribution in [0.3, 0.4) is 0 Å². The molecule has 4 N–H and O–H groups in total. The number of anilines is 1. The van der Waals surface area contributed by atoms with Crippen molar-refractivity contribution in [2.45, 2.75) is 43.9 Å². The van der Waals surface area contributed by atoms with Crippen LogP contribution in [0.1, 0.15) is 31.4 Å². The van der Waals surface area contributed by atoms with E-state index in [4.69, 9.17) is 17.0 Å². The number of rotatable bonds is 8. The molecule has 7 nitrogen and oxygen atoms in total. The molecule has 2 aromatic heterocycles. The molecule has 32 heavy (non-hydrogen) atoms. The number of nitrogens with zero attached hydrogens (tertiary/aromatic N) is 2. The average molecular weight is 475 g/mol. The number of halogens is 5. The van der Waals surface area contributed by atoms with Gasteiger partial charge in [0.1, 0.15) is 23.3 Å². The summed E-state index contributed by atoms with van der Waals surface area (Å²) in [6, 6.07) is 4.72. The first kappa shape index (κ1) is 23.8. The van der Waals surface area contributed by atoms with E-state index < -0.39 is 29.6 Å². The molecule has 2 aromatic rings. The smallest absolute Gasteiger partial charge is 0.388 e. The number of aromatic nitrogens is 2. The van der Waals surface area contributed by atoms with Crippen LogP contribution in [0.25, 0.3) is 5.65 Å². The van der Waals surface area contributed by atoms with Crippen molar-refractivity contribution in [1.82, 2.24) is 20.0 Å². The summed E-state index contributed by atoms with van der Waals surface area (Å²) in [7, 11) is 0. The van der Waals surface area contributed by atoms with Crippen molar-refractivity contribution < 1.29 is 22.4 Å². The summed E-state index contributed by atoms with van der Waals surface area (Å²) in [6.45, 7) is -0.617. The Morgan fingerprint density at radius 2 is 1.94 bits per heavy atom. The highest BCUT2D eigenvalue weighted by atomic mass is 35.5. The van der Waals surface area contributed by atoms with Gasteiger partial charge in [0.05, 0.1) is 5.57 Å². The summed E-state index contributed by atoms with van der Waals surface area (Å²) in [5.41, 5.74) is -0.826. The minimum Gasteiger partial charge on any atom is -0.388 e. The number of alkyl halides is 4. The molecule has 0 bridgehead atoms. The van der Waals surface area contributed by atoms with E-state index in [1.54, 1.807) is 12.1 Å². The number of hydrogen-bond acceptors (Lipinski definition) is 5. The van der Waals surface area contributed by atoms with Gasteiger partial charge >= 0.3 is 6.18 Å². The van der Waals surface area contributed by atoms with Crippen LogP contribution in [0.4, 0.5) is 23.4 Å². The fourth-order valence-electron chi connectivity index (χ4n) is 3.58. The number of hydrogen-bond donors (Lipinski definition) is 4. The number of pyridine rings is 1. The lowest BCUT2D eigenvalue weighted by molar-refractivity contribution is -0.140. The van der Waals surface area contributed by atoms with Gasteiger partial charge in [-0.15, -0.1) is 0 Å². The third-order valence-electron chi connectivity index (χ3n) is 5.16. The number of amides is 1. The molecule has 0 atom stereocenters. The second-order valence-electron chi connectivity index (χ2n) is 7.44. The number of carbonyl (C=O) groups is 1. The lowest BCUT2D eigenvalue weighted by atomic mass is 9.91. The van der Waals surface area contributed by atoms with Crippen LogP contribution in [0.2, 0.25) is 0 Å². The van der Waals surface area contributed by atoms with E-state index in [9.17, 15) is 22.4 Å². The van der Waals surface area contributed by atoms with Gasteiger partial charge in [-0.2, -0.15) is 13.2 Å². The fraction of sp³-hybridized carbons (Fsp3) is 0.450. The van der Waals surface area contributed by atoms with E-state index in [1.807, 2.05) is 0 Å². The molecule has 1 saturated carbocycles. The molecule has 1 fully saturated rings. The maximum atomic E-state index is 13.0. The minimum atomic E-state index is -4.52. The Labute approximate surface area is 186 Å². The normalized spacial score (nSPS) is 19.6. The number of nitrogens with one attached hydrogen (secondary N) is 4. The van der Waals surface area contributed by atoms with Crippen LogP contribution in [-0.2, 0) is 11.0 Å². The molecular weight excluding hydrogens is 452 g/mol. The molecule has 3 rings (SSSR count). The fourth-order valence-corrected chi connectivity index (χ4v) is 3.72. The van der Waals surface area contributed by atoms with Crippen molar-refractivity contribution in [2.24, 2.45) is 0 Å². The van der Waals surface area contributed by atoms with Crippen molar-refractivity contribution in [1.29, 1.82) is 5.41 Å². The second-order valence-corrected chi connectivity index (χ2v) is 7.82. The SMILES string of the molecule is N=C(Cl)/C(=C\NCCF)C(=O)NC1CCC(Nc2cccc3nc(C(F)(F)F)cn23)CC1. The van der Waals surface area contributed by atoms with Crippen molar-refractivity contribution in [3.8, 4) is 0 Å². The van der Waals surface area contributed by atoms with E-state index >= 15 is 0 Å².